The number of rotatable bonds is 4. The van der Waals surface area contributed by atoms with Crippen LogP contribution >= 0.6 is 15.9 Å². The Balaban J connectivity index is 2.60. The molecule has 0 atom stereocenters. The highest BCUT2D eigenvalue weighted by molar-refractivity contribution is 9.10. The summed E-state index contributed by atoms with van der Waals surface area (Å²) in [4.78, 5) is 34.2. The van der Waals surface area contributed by atoms with Gasteiger partial charge >= 0.3 is 11.9 Å². The van der Waals surface area contributed by atoms with Crippen molar-refractivity contribution in [3.63, 3.8) is 0 Å². The van der Waals surface area contributed by atoms with E-state index in [4.69, 9.17) is 5.11 Å². The Kier molecular flexibility index (Phi) is 3.62. The first-order valence-electron chi connectivity index (χ1n) is 5.10. The number of carboxylic acids is 1. The number of aromatic nitrogens is 3. The van der Waals surface area contributed by atoms with E-state index in [9.17, 15) is 25.0 Å². The largest absolute Gasteiger partial charge is 0.492 e. The molecule has 0 aliphatic rings. The molecule has 0 bridgehead atoms. The first-order chi connectivity index (χ1) is 9.81. The van der Waals surface area contributed by atoms with Gasteiger partial charge in [-0.25, -0.2) is 4.79 Å². The molecule has 1 heterocycles. The summed E-state index contributed by atoms with van der Waals surface area (Å²) in [6.45, 7) is 0. The van der Waals surface area contributed by atoms with Crippen molar-refractivity contribution in [2.45, 2.75) is 0 Å². The average Bonchev–Trinajstić information content (AvgIpc) is 2.80. The summed E-state index contributed by atoms with van der Waals surface area (Å²) >= 11 is 2.93. The van der Waals surface area contributed by atoms with Crippen LogP contribution < -0.4 is 0 Å². The van der Waals surface area contributed by atoms with Gasteiger partial charge in [0.2, 0.25) is 0 Å². The second kappa shape index (κ2) is 5.24. The van der Waals surface area contributed by atoms with Gasteiger partial charge in [-0.15, -0.1) is 4.68 Å². The first kappa shape index (κ1) is 14.5. The summed E-state index contributed by atoms with van der Waals surface area (Å²) in [6, 6.07) is 3.17. The second-order valence-corrected chi connectivity index (χ2v) is 4.32. The molecule has 1 N–H and O–H groups in total. The number of aromatic carboxylic acids is 1. The molecule has 0 spiro atoms. The standard InChI is InChI=1S/C9H4BrN5O6/c10-8-11-9(15(20)21)12-13(8)4-1-2-5(7(16)17)6(3-4)14(18)19/h1-3H,(H,16,17). The highest BCUT2D eigenvalue weighted by Gasteiger charge is 2.25. The van der Waals surface area contributed by atoms with E-state index in [0.717, 1.165) is 16.8 Å². The Labute approximate surface area is 123 Å². The molecule has 108 valence electrons. The lowest BCUT2D eigenvalue weighted by molar-refractivity contribution is -0.394. The van der Waals surface area contributed by atoms with Gasteiger partial charge < -0.3 is 15.2 Å². The van der Waals surface area contributed by atoms with Crippen molar-refractivity contribution in [1.82, 2.24) is 14.8 Å². The Morgan fingerprint density at radius 1 is 1.29 bits per heavy atom. The van der Waals surface area contributed by atoms with Crippen molar-refractivity contribution in [2.75, 3.05) is 0 Å². The topological polar surface area (TPSA) is 154 Å². The molecular formula is C9H4BrN5O6. The number of carbonyl (C=O) groups is 1. The maximum absolute atomic E-state index is 10.9. The number of nitro benzene ring substituents is 1. The number of carboxylic acid groups (broad SMARTS) is 1. The molecule has 0 unspecified atom stereocenters. The number of halogens is 1. The molecule has 2 rings (SSSR count). The van der Waals surface area contributed by atoms with Crippen LogP contribution in [0.4, 0.5) is 11.6 Å². The number of hydrogen-bond acceptors (Lipinski definition) is 7. The molecule has 1 aromatic heterocycles. The maximum Gasteiger partial charge on any atom is 0.492 e. The quantitative estimate of drug-likeness (QED) is 0.637. The van der Waals surface area contributed by atoms with Gasteiger partial charge in [-0.05, 0) is 22.0 Å². The van der Waals surface area contributed by atoms with Crippen molar-refractivity contribution in [1.29, 1.82) is 0 Å². The minimum atomic E-state index is -1.46. The van der Waals surface area contributed by atoms with E-state index >= 15 is 0 Å². The van der Waals surface area contributed by atoms with Crippen molar-refractivity contribution in [3.05, 3.63) is 48.7 Å². The number of hydrogen-bond donors (Lipinski definition) is 1. The van der Waals surface area contributed by atoms with Gasteiger partial charge in [0.15, 0.2) is 0 Å². The Morgan fingerprint density at radius 2 is 1.95 bits per heavy atom. The Bertz CT molecular complexity index is 772. The molecule has 11 nitrogen and oxygen atoms in total. The van der Waals surface area contributed by atoms with E-state index in [1.54, 1.807) is 0 Å². The fourth-order valence-electron chi connectivity index (χ4n) is 1.51. The number of benzene rings is 1. The maximum atomic E-state index is 10.9. The predicted molar refractivity (Wildman–Crippen MR) is 69.3 cm³/mol. The summed E-state index contributed by atoms with van der Waals surface area (Å²) in [6.07, 6.45) is 0. The molecule has 0 aliphatic carbocycles. The summed E-state index contributed by atoms with van der Waals surface area (Å²) in [5.41, 5.74) is -1.11. The van der Waals surface area contributed by atoms with E-state index in [1.807, 2.05) is 0 Å². The highest BCUT2D eigenvalue weighted by atomic mass is 79.9. The molecule has 0 fully saturated rings. The van der Waals surface area contributed by atoms with Gasteiger partial charge in [0.25, 0.3) is 10.4 Å². The van der Waals surface area contributed by atoms with Gasteiger partial charge in [-0.1, -0.05) is 0 Å². The zero-order valence-corrected chi connectivity index (χ0v) is 11.4. The smallest absolute Gasteiger partial charge is 0.477 e. The molecule has 0 radical (unpaired) electrons. The minimum absolute atomic E-state index is 0.0495. The molecule has 0 aliphatic heterocycles. The van der Waals surface area contributed by atoms with Gasteiger partial charge in [0, 0.05) is 27.1 Å². The van der Waals surface area contributed by atoms with Crippen LogP contribution in [0.2, 0.25) is 0 Å². The molecule has 21 heavy (non-hydrogen) atoms. The van der Waals surface area contributed by atoms with Crippen LogP contribution in [0.5, 0.6) is 0 Å². The summed E-state index contributed by atoms with van der Waals surface area (Å²) in [5, 5.41) is 33.9. The zero-order chi connectivity index (χ0) is 15.7. The van der Waals surface area contributed by atoms with E-state index in [1.165, 1.54) is 6.07 Å². The minimum Gasteiger partial charge on any atom is -0.477 e. The van der Waals surface area contributed by atoms with E-state index in [2.05, 4.69) is 26.0 Å². The summed E-state index contributed by atoms with van der Waals surface area (Å²) in [5.74, 6) is -2.16. The molecule has 0 saturated heterocycles. The van der Waals surface area contributed by atoms with Gasteiger partial charge in [0.05, 0.1) is 10.6 Å². The van der Waals surface area contributed by atoms with Crippen LogP contribution in [0.1, 0.15) is 10.4 Å². The molecular weight excluding hydrogens is 354 g/mol. The lowest BCUT2D eigenvalue weighted by Gasteiger charge is -2.01. The first-order valence-corrected chi connectivity index (χ1v) is 5.89. The van der Waals surface area contributed by atoms with Crippen LogP contribution in [0.15, 0.2) is 22.9 Å². The monoisotopic (exact) mass is 357 g/mol. The van der Waals surface area contributed by atoms with Crippen LogP contribution in [-0.2, 0) is 0 Å². The van der Waals surface area contributed by atoms with Gasteiger partial charge in [-0.3, -0.25) is 10.1 Å². The van der Waals surface area contributed by atoms with Crippen molar-refractivity contribution in [2.24, 2.45) is 0 Å². The Morgan fingerprint density at radius 3 is 2.43 bits per heavy atom. The van der Waals surface area contributed by atoms with E-state index in [0.29, 0.717) is 0 Å². The normalized spacial score (nSPS) is 10.3. The highest BCUT2D eigenvalue weighted by Crippen LogP contribution is 2.25. The number of nitrogens with zero attached hydrogens (tertiary/aromatic N) is 5. The summed E-state index contributed by atoms with van der Waals surface area (Å²) in [7, 11) is 0. The zero-order valence-electron chi connectivity index (χ0n) is 9.83. The van der Waals surface area contributed by atoms with E-state index in [-0.39, 0.29) is 10.4 Å². The van der Waals surface area contributed by atoms with Crippen LogP contribution in [0.25, 0.3) is 5.69 Å². The number of nitro groups is 2. The third-order valence-corrected chi connectivity index (χ3v) is 2.89. The Hall–Kier alpha value is -2.89. The van der Waals surface area contributed by atoms with Crippen LogP contribution in [0.3, 0.4) is 0 Å². The van der Waals surface area contributed by atoms with Crippen LogP contribution in [0, 0.1) is 20.2 Å². The lowest BCUT2D eigenvalue weighted by atomic mass is 10.1. The fourth-order valence-corrected chi connectivity index (χ4v) is 1.95. The van der Waals surface area contributed by atoms with Gasteiger partial charge in [0.1, 0.15) is 5.56 Å². The third-order valence-electron chi connectivity index (χ3n) is 2.37. The summed E-state index contributed by atoms with van der Waals surface area (Å²) < 4.78 is 0.892. The molecule has 1 aromatic carbocycles. The SMILES string of the molecule is O=C(O)c1ccc(-n2nc([N+](=O)[O-])nc2Br)cc1[N+](=O)[O-]. The molecule has 0 amide bonds. The fraction of sp³-hybridized carbons (Fsp3) is 0. The predicted octanol–water partition coefficient (Wildman–Crippen LogP) is 1.54. The van der Waals surface area contributed by atoms with Crippen molar-refractivity contribution < 1.29 is 19.7 Å². The molecule has 0 saturated carbocycles. The molecule has 2 aromatic rings. The second-order valence-electron chi connectivity index (χ2n) is 3.61. The lowest BCUT2D eigenvalue weighted by Crippen LogP contribution is -2.05. The van der Waals surface area contributed by atoms with Crippen LogP contribution in [-0.4, -0.2) is 35.7 Å². The molecule has 12 heteroatoms. The van der Waals surface area contributed by atoms with E-state index < -0.39 is 33.0 Å². The third kappa shape index (κ3) is 2.69. The van der Waals surface area contributed by atoms with Gasteiger partial charge in [-0.2, -0.15) is 0 Å². The van der Waals surface area contributed by atoms with Crippen molar-refractivity contribution >= 4 is 33.5 Å². The van der Waals surface area contributed by atoms with Crippen molar-refractivity contribution in [3.8, 4) is 5.69 Å². The average molecular weight is 358 g/mol.